The van der Waals surface area contributed by atoms with E-state index in [2.05, 4.69) is 40.0 Å². The Kier molecular flexibility index (Phi) is 8.01. The summed E-state index contributed by atoms with van der Waals surface area (Å²) >= 11 is 4.59. The van der Waals surface area contributed by atoms with Crippen LogP contribution in [0.1, 0.15) is 30.3 Å². The second kappa shape index (κ2) is 10.6. The molecule has 0 fully saturated rings. The van der Waals surface area contributed by atoms with Gasteiger partial charge in [0, 0.05) is 11.8 Å². The second-order valence-electron chi connectivity index (χ2n) is 7.61. The number of esters is 1. The number of nitrogens with zero attached hydrogens (tertiary/aromatic N) is 3. The number of carbonyl (C=O) groups is 1. The van der Waals surface area contributed by atoms with Crippen LogP contribution in [0, 0.1) is 0 Å². The number of benzene rings is 2. The first kappa shape index (κ1) is 25.7. The van der Waals surface area contributed by atoms with Gasteiger partial charge in [-0.2, -0.15) is 0 Å². The zero-order valence-corrected chi connectivity index (χ0v) is 22.2. The fraction of sp³-hybridized carbons (Fsp3) is 0.217. The van der Waals surface area contributed by atoms with Gasteiger partial charge in [-0.25, -0.2) is 18.2 Å². The van der Waals surface area contributed by atoms with Gasteiger partial charge < -0.3 is 10.5 Å². The molecule has 0 saturated carbocycles. The highest BCUT2D eigenvalue weighted by atomic mass is 79.9. The number of allylic oxidation sites excluding steroid dienone is 1. The average Bonchev–Trinajstić information content (AvgIpc) is 3.30. The van der Waals surface area contributed by atoms with Crippen molar-refractivity contribution in [2.45, 2.75) is 24.7 Å². The lowest BCUT2D eigenvalue weighted by Gasteiger charge is -2.11. The number of aliphatic imine (C=N–C) groups is 1. The van der Waals surface area contributed by atoms with Crippen LogP contribution in [0.3, 0.4) is 0 Å². The SMILES string of the molecule is COC(=O)C(N)=C(Br)C(=Nc1ccccc1C(C)C)c1nnc(-c2cccc(S(C)(=O)=O)c2)s1. The minimum atomic E-state index is -3.38. The molecule has 11 heteroatoms. The minimum absolute atomic E-state index is 0.167. The van der Waals surface area contributed by atoms with Gasteiger partial charge in [0.25, 0.3) is 0 Å². The molecule has 3 rings (SSSR count). The predicted octanol–water partition coefficient (Wildman–Crippen LogP) is 4.59. The molecule has 0 amide bonds. The predicted molar refractivity (Wildman–Crippen MR) is 137 cm³/mol. The van der Waals surface area contributed by atoms with Crippen LogP contribution in [0.5, 0.6) is 0 Å². The summed E-state index contributed by atoms with van der Waals surface area (Å²) in [4.78, 5) is 17.1. The summed E-state index contributed by atoms with van der Waals surface area (Å²) in [5, 5.41) is 9.36. The first-order valence-corrected chi connectivity index (χ1v) is 13.6. The zero-order valence-electron chi connectivity index (χ0n) is 18.9. The molecule has 0 aliphatic rings. The van der Waals surface area contributed by atoms with Gasteiger partial charge in [-0.3, -0.25) is 0 Å². The molecule has 0 aliphatic carbocycles. The number of para-hydroxylation sites is 1. The lowest BCUT2D eigenvalue weighted by atomic mass is 10.0. The molecule has 2 N–H and O–H groups in total. The maximum Gasteiger partial charge on any atom is 0.355 e. The normalized spacial score (nSPS) is 13.1. The standard InChI is InChI=1S/C23H23BrN4O4S2/c1-13(2)16-10-5-6-11-17(16)26-20(18(24)19(25)23(29)32-3)22-28-27-21(33-22)14-8-7-9-15(12-14)34(4,30)31/h5-13H,25H2,1-4H3. The van der Waals surface area contributed by atoms with Crippen molar-refractivity contribution < 1.29 is 17.9 Å². The van der Waals surface area contributed by atoms with E-state index in [4.69, 9.17) is 15.5 Å². The number of ether oxygens (including phenoxy) is 1. The molecule has 1 aromatic heterocycles. The van der Waals surface area contributed by atoms with Gasteiger partial charge in [-0.15, -0.1) is 10.2 Å². The third kappa shape index (κ3) is 5.78. The highest BCUT2D eigenvalue weighted by Crippen LogP contribution is 2.32. The monoisotopic (exact) mass is 562 g/mol. The van der Waals surface area contributed by atoms with E-state index in [-0.39, 0.29) is 21.0 Å². The molecular formula is C23H23BrN4O4S2. The van der Waals surface area contributed by atoms with E-state index < -0.39 is 15.8 Å². The van der Waals surface area contributed by atoms with Gasteiger partial charge in [0.1, 0.15) is 16.4 Å². The quantitative estimate of drug-likeness (QED) is 0.253. The number of aromatic nitrogens is 2. The first-order chi connectivity index (χ1) is 16.0. The van der Waals surface area contributed by atoms with Crippen LogP contribution in [0.15, 0.2) is 68.6 Å². The molecule has 1 heterocycles. The Balaban J connectivity index is 2.19. The van der Waals surface area contributed by atoms with Crippen molar-refractivity contribution in [3.8, 4) is 10.6 Å². The number of halogens is 1. The van der Waals surface area contributed by atoms with Crippen LogP contribution in [-0.4, -0.2) is 43.7 Å². The van der Waals surface area contributed by atoms with Crippen LogP contribution in [-0.2, 0) is 19.4 Å². The summed E-state index contributed by atoms with van der Waals surface area (Å²) in [7, 11) is -2.15. The number of sulfone groups is 1. The van der Waals surface area contributed by atoms with Gasteiger partial charge in [-0.05, 0) is 45.6 Å². The summed E-state index contributed by atoms with van der Waals surface area (Å²) in [6.07, 6.45) is 1.14. The maximum atomic E-state index is 12.1. The number of nitrogens with two attached hydrogens (primary N) is 1. The van der Waals surface area contributed by atoms with E-state index in [1.165, 1.54) is 30.6 Å². The summed E-state index contributed by atoms with van der Waals surface area (Å²) in [5.74, 6) is -0.520. The van der Waals surface area contributed by atoms with Crippen molar-refractivity contribution in [1.82, 2.24) is 10.2 Å². The molecule has 0 unspecified atom stereocenters. The van der Waals surface area contributed by atoms with Crippen molar-refractivity contribution in [2.24, 2.45) is 10.7 Å². The minimum Gasteiger partial charge on any atom is -0.464 e. The van der Waals surface area contributed by atoms with Crippen LogP contribution in [0.25, 0.3) is 10.6 Å². The van der Waals surface area contributed by atoms with Crippen molar-refractivity contribution in [2.75, 3.05) is 13.4 Å². The largest absolute Gasteiger partial charge is 0.464 e. The fourth-order valence-corrected chi connectivity index (χ4v) is 5.08. The number of carbonyl (C=O) groups excluding carboxylic acids is 1. The van der Waals surface area contributed by atoms with Gasteiger partial charge in [0.15, 0.2) is 14.8 Å². The summed E-state index contributed by atoms with van der Waals surface area (Å²) < 4.78 is 28.9. The Morgan fingerprint density at radius 1 is 1.15 bits per heavy atom. The molecule has 0 bridgehead atoms. The highest BCUT2D eigenvalue weighted by molar-refractivity contribution is 9.12. The average molecular weight is 563 g/mol. The smallest absolute Gasteiger partial charge is 0.355 e. The molecule has 0 atom stereocenters. The molecule has 0 saturated heterocycles. The fourth-order valence-electron chi connectivity index (χ4n) is 3.01. The second-order valence-corrected chi connectivity index (χ2v) is 11.4. The van der Waals surface area contributed by atoms with Crippen LogP contribution in [0.4, 0.5) is 5.69 Å². The Morgan fingerprint density at radius 3 is 2.50 bits per heavy atom. The van der Waals surface area contributed by atoms with E-state index in [0.29, 0.717) is 27.0 Å². The molecule has 0 radical (unpaired) electrons. The maximum absolute atomic E-state index is 12.1. The number of hydrogen-bond acceptors (Lipinski definition) is 9. The van der Waals surface area contributed by atoms with Gasteiger partial charge in [0.05, 0.1) is 22.2 Å². The highest BCUT2D eigenvalue weighted by Gasteiger charge is 2.22. The lowest BCUT2D eigenvalue weighted by Crippen LogP contribution is -2.18. The molecule has 178 valence electrons. The molecular weight excluding hydrogens is 540 g/mol. The summed E-state index contributed by atoms with van der Waals surface area (Å²) in [6, 6.07) is 14.1. The lowest BCUT2D eigenvalue weighted by molar-refractivity contribution is -0.136. The van der Waals surface area contributed by atoms with E-state index in [1.807, 2.05) is 24.3 Å². The van der Waals surface area contributed by atoms with E-state index >= 15 is 0 Å². The number of rotatable bonds is 7. The Labute approximate surface area is 210 Å². The van der Waals surface area contributed by atoms with Crippen LogP contribution >= 0.6 is 27.3 Å². The molecule has 0 spiro atoms. The topological polar surface area (TPSA) is 125 Å². The van der Waals surface area contributed by atoms with Gasteiger partial charge >= 0.3 is 5.97 Å². The number of hydrogen-bond donors (Lipinski definition) is 1. The third-order valence-corrected chi connectivity index (χ3v) is 7.67. The molecule has 34 heavy (non-hydrogen) atoms. The van der Waals surface area contributed by atoms with E-state index in [9.17, 15) is 13.2 Å². The zero-order chi connectivity index (χ0) is 25.0. The molecule has 8 nitrogen and oxygen atoms in total. The summed E-state index contributed by atoms with van der Waals surface area (Å²) in [5.41, 5.74) is 8.44. The van der Waals surface area contributed by atoms with Crippen molar-refractivity contribution in [1.29, 1.82) is 0 Å². The summed E-state index contributed by atoms with van der Waals surface area (Å²) in [6.45, 7) is 4.11. The van der Waals surface area contributed by atoms with Crippen LogP contribution < -0.4 is 5.73 Å². The first-order valence-electron chi connectivity index (χ1n) is 10.1. The Bertz CT molecular complexity index is 1400. The van der Waals surface area contributed by atoms with Crippen molar-refractivity contribution >= 4 is 54.5 Å². The Morgan fingerprint density at radius 2 is 1.85 bits per heavy atom. The molecule has 3 aromatic rings. The molecule has 0 aliphatic heterocycles. The number of methoxy groups -OCH3 is 1. The van der Waals surface area contributed by atoms with Crippen molar-refractivity contribution in [3.63, 3.8) is 0 Å². The van der Waals surface area contributed by atoms with Gasteiger partial charge in [-0.1, -0.05) is 55.5 Å². The van der Waals surface area contributed by atoms with Crippen molar-refractivity contribution in [3.05, 3.63) is 69.3 Å². The Hall–Kier alpha value is -2.89. The van der Waals surface area contributed by atoms with E-state index in [0.717, 1.165) is 11.8 Å². The van der Waals surface area contributed by atoms with E-state index in [1.54, 1.807) is 12.1 Å². The van der Waals surface area contributed by atoms with Gasteiger partial charge in [0.2, 0.25) is 0 Å². The van der Waals surface area contributed by atoms with Crippen LogP contribution in [0.2, 0.25) is 0 Å². The molecule has 2 aromatic carbocycles. The third-order valence-electron chi connectivity index (χ3n) is 4.78.